The van der Waals surface area contributed by atoms with Crippen molar-refractivity contribution >= 4 is 5.69 Å². The third-order valence-corrected chi connectivity index (χ3v) is 8.97. The first-order chi connectivity index (χ1) is 19.0. The number of nitrogens with one attached hydrogen (secondary N) is 1. The number of rotatable bonds is 7. The SMILES string of the molecule is C[C@@H]1CC[C@@H]2[C@@H](C1)O[C@@H](c1ccccc1[C@H](Nc1ccccc1)c1ccco1)N(Cc1ccccc1)C2(C)C. The molecular formula is C35H40N2O2. The van der Waals surface area contributed by atoms with Gasteiger partial charge < -0.3 is 14.5 Å². The van der Waals surface area contributed by atoms with E-state index in [1.165, 1.54) is 29.5 Å². The van der Waals surface area contributed by atoms with Gasteiger partial charge in [0.2, 0.25) is 0 Å². The lowest BCUT2D eigenvalue weighted by atomic mass is 9.69. The zero-order chi connectivity index (χ0) is 26.8. The summed E-state index contributed by atoms with van der Waals surface area (Å²) in [4.78, 5) is 2.61. The molecule has 1 saturated heterocycles. The Hall–Kier alpha value is -3.34. The molecule has 2 aliphatic rings. The van der Waals surface area contributed by atoms with Crippen molar-refractivity contribution in [3.8, 4) is 0 Å². The molecule has 0 amide bonds. The van der Waals surface area contributed by atoms with Crippen LogP contribution in [0.25, 0.3) is 0 Å². The number of anilines is 1. The number of nitrogens with zero attached hydrogens (tertiary/aromatic N) is 1. The lowest BCUT2D eigenvalue weighted by Gasteiger charge is -2.57. The van der Waals surface area contributed by atoms with Gasteiger partial charge in [-0.15, -0.1) is 0 Å². The second-order valence-corrected chi connectivity index (χ2v) is 11.9. The summed E-state index contributed by atoms with van der Waals surface area (Å²) in [6.07, 6.45) is 5.44. The van der Waals surface area contributed by atoms with Crippen molar-refractivity contribution in [1.82, 2.24) is 4.90 Å². The van der Waals surface area contributed by atoms with E-state index >= 15 is 0 Å². The summed E-state index contributed by atoms with van der Waals surface area (Å²) >= 11 is 0. The van der Waals surface area contributed by atoms with Crippen molar-refractivity contribution in [2.75, 3.05) is 5.32 Å². The molecule has 4 heteroatoms. The van der Waals surface area contributed by atoms with Gasteiger partial charge >= 0.3 is 0 Å². The van der Waals surface area contributed by atoms with Crippen LogP contribution in [0.15, 0.2) is 108 Å². The number of ether oxygens (including phenoxy) is 1. The third kappa shape index (κ3) is 5.28. The third-order valence-electron chi connectivity index (χ3n) is 8.97. The first kappa shape index (κ1) is 25.9. The number of fused-ring (bicyclic) bond motifs is 1. The van der Waals surface area contributed by atoms with Crippen LogP contribution < -0.4 is 5.32 Å². The molecule has 0 spiro atoms. The van der Waals surface area contributed by atoms with Crippen molar-refractivity contribution in [2.45, 2.75) is 70.5 Å². The fraction of sp³-hybridized carbons (Fsp3) is 0.371. The monoisotopic (exact) mass is 520 g/mol. The van der Waals surface area contributed by atoms with E-state index in [9.17, 15) is 0 Å². The summed E-state index contributed by atoms with van der Waals surface area (Å²) in [7, 11) is 0. The lowest BCUT2D eigenvalue weighted by Crippen LogP contribution is -2.61. The Labute approximate surface area is 233 Å². The van der Waals surface area contributed by atoms with Gasteiger partial charge in [-0.3, -0.25) is 4.90 Å². The van der Waals surface area contributed by atoms with E-state index in [2.05, 4.69) is 116 Å². The van der Waals surface area contributed by atoms with Crippen LogP contribution in [0.1, 0.15) is 74.8 Å². The molecule has 3 aromatic carbocycles. The average molecular weight is 521 g/mol. The minimum absolute atomic E-state index is 0.0241. The smallest absolute Gasteiger partial charge is 0.138 e. The van der Waals surface area contributed by atoms with Gasteiger partial charge in [0.25, 0.3) is 0 Å². The van der Waals surface area contributed by atoms with E-state index in [4.69, 9.17) is 9.15 Å². The molecule has 0 bridgehead atoms. The van der Waals surface area contributed by atoms with Crippen LogP contribution in [0.5, 0.6) is 0 Å². The van der Waals surface area contributed by atoms with Crippen LogP contribution >= 0.6 is 0 Å². The lowest BCUT2D eigenvalue weighted by molar-refractivity contribution is -0.241. The standard InChI is InChI=1S/C35H40N2O2/c1-25-20-21-30-32(23-25)39-34(37(35(30,2)3)24-26-13-6-4-7-14-26)29-18-11-10-17-28(29)33(31-19-12-22-38-31)36-27-15-8-5-9-16-27/h4-19,22,25,30,32-34,36H,20-21,23-24H2,1-3H3/t25-,30-,32-,33+,34+/m1/s1. The molecule has 6 rings (SSSR count). The van der Waals surface area contributed by atoms with Crippen molar-refractivity contribution in [2.24, 2.45) is 11.8 Å². The first-order valence-electron chi connectivity index (χ1n) is 14.4. The van der Waals surface area contributed by atoms with Gasteiger partial charge in [0, 0.05) is 29.3 Å². The maximum atomic E-state index is 7.19. The van der Waals surface area contributed by atoms with E-state index in [0.29, 0.717) is 11.8 Å². The highest BCUT2D eigenvalue weighted by molar-refractivity contribution is 5.49. The molecule has 1 aliphatic carbocycles. The van der Waals surface area contributed by atoms with Crippen LogP contribution in [0.3, 0.4) is 0 Å². The van der Waals surface area contributed by atoms with Crippen molar-refractivity contribution in [3.63, 3.8) is 0 Å². The van der Waals surface area contributed by atoms with E-state index in [1.54, 1.807) is 6.26 Å². The predicted octanol–water partition coefficient (Wildman–Crippen LogP) is 8.60. The van der Waals surface area contributed by atoms with Crippen LogP contribution in [0.2, 0.25) is 0 Å². The fourth-order valence-corrected chi connectivity index (χ4v) is 6.81. The molecular weight excluding hydrogens is 480 g/mol. The van der Waals surface area contributed by atoms with Gasteiger partial charge in [-0.1, -0.05) is 86.1 Å². The quantitative estimate of drug-likeness (QED) is 0.265. The molecule has 0 radical (unpaired) electrons. The van der Waals surface area contributed by atoms with Gasteiger partial charge in [-0.25, -0.2) is 0 Å². The Balaban J connectivity index is 1.44. The molecule has 5 atom stereocenters. The summed E-state index contributed by atoms with van der Waals surface area (Å²) in [5.74, 6) is 2.08. The fourth-order valence-electron chi connectivity index (χ4n) is 6.81. The topological polar surface area (TPSA) is 37.6 Å². The molecule has 1 aromatic heterocycles. The van der Waals surface area contributed by atoms with Gasteiger partial charge in [0.1, 0.15) is 18.0 Å². The zero-order valence-electron chi connectivity index (χ0n) is 23.3. The highest BCUT2D eigenvalue weighted by Crippen LogP contribution is 2.50. The van der Waals surface area contributed by atoms with E-state index in [1.807, 2.05) is 12.1 Å². The van der Waals surface area contributed by atoms with E-state index in [0.717, 1.165) is 24.4 Å². The molecule has 2 fully saturated rings. The summed E-state index contributed by atoms with van der Waals surface area (Å²) in [5, 5.41) is 3.76. The van der Waals surface area contributed by atoms with Gasteiger partial charge in [-0.2, -0.15) is 0 Å². The molecule has 1 saturated carbocycles. The number of benzene rings is 3. The molecule has 1 aliphatic heterocycles. The molecule has 4 nitrogen and oxygen atoms in total. The molecule has 202 valence electrons. The van der Waals surface area contributed by atoms with Crippen LogP contribution in [-0.2, 0) is 11.3 Å². The summed E-state index contributed by atoms with van der Waals surface area (Å²) in [6.45, 7) is 8.09. The van der Waals surface area contributed by atoms with Gasteiger partial charge in [-0.05, 0) is 68.0 Å². The van der Waals surface area contributed by atoms with Crippen LogP contribution in [0.4, 0.5) is 5.69 Å². The Bertz CT molecular complexity index is 1340. The summed E-state index contributed by atoms with van der Waals surface area (Å²) in [5.41, 5.74) is 4.72. The molecule has 0 unspecified atom stereocenters. The first-order valence-corrected chi connectivity index (χ1v) is 14.4. The predicted molar refractivity (Wildman–Crippen MR) is 157 cm³/mol. The maximum Gasteiger partial charge on any atom is 0.138 e. The largest absolute Gasteiger partial charge is 0.467 e. The minimum Gasteiger partial charge on any atom is -0.467 e. The maximum absolute atomic E-state index is 7.19. The summed E-state index contributed by atoms with van der Waals surface area (Å²) < 4.78 is 13.2. The van der Waals surface area contributed by atoms with E-state index in [-0.39, 0.29) is 23.9 Å². The number of para-hydroxylation sites is 1. The Kier molecular flexibility index (Phi) is 7.33. The Morgan fingerprint density at radius 2 is 1.59 bits per heavy atom. The van der Waals surface area contributed by atoms with Crippen molar-refractivity contribution < 1.29 is 9.15 Å². The highest BCUT2D eigenvalue weighted by atomic mass is 16.5. The summed E-state index contributed by atoms with van der Waals surface area (Å²) in [6, 6.07) is 33.8. The Morgan fingerprint density at radius 3 is 2.33 bits per heavy atom. The zero-order valence-corrected chi connectivity index (χ0v) is 23.3. The second-order valence-electron chi connectivity index (χ2n) is 11.9. The van der Waals surface area contributed by atoms with Crippen molar-refractivity contribution in [1.29, 1.82) is 0 Å². The highest BCUT2D eigenvalue weighted by Gasteiger charge is 2.51. The molecule has 1 N–H and O–H groups in total. The van der Waals surface area contributed by atoms with Gasteiger partial charge in [0.15, 0.2) is 0 Å². The molecule has 2 heterocycles. The molecule has 39 heavy (non-hydrogen) atoms. The number of furan rings is 1. The second kappa shape index (κ2) is 11.0. The average Bonchev–Trinajstić information content (AvgIpc) is 3.49. The normalized spacial score (nSPS) is 25.5. The van der Waals surface area contributed by atoms with Crippen LogP contribution in [0, 0.1) is 11.8 Å². The number of hydrogen-bond donors (Lipinski definition) is 1. The van der Waals surface area contributed by atoms with Crippen molar-refractivity contribution in [3.05, 3.63) is 126 Å². The molecule has 4 aromatic rings. The Morgan fingerprint density at radius 1 is 0.872 bits per heavy atom. The van der Waals surface area contributed by atoms with Gasteiger partial charge in [0.05, 0.1) is 12.4 Å². The van der Waals surface area contributed by atoms with Crippen LogP contribution in [-0.4, -0.2) is 16.5 Å². The van der Waals surface area contributed by atoms with E-state index < -0.39 is 0 Å². The number of hydrogen-bond acceptors (Lipinski definition) is 4. The minimum atomic E-state index is -0.169.